The minimum absolute atomic E-state index is 0.130. The Bertz CT molecular complexity index is 421. The van der Waals surface area contributed by atoms with Crippen LogP contribution in [-0.2, 0) is 11.3 Å². The highest BCUT2D eigenvalue weighted by Gasteiger charge is 2.27. The minimum Gasteiger partial charge on any atom is -0.337 e. The Hall–Kier alpha value is -0.900. The maximum absolute atomic E-state index is 13.1. The zero-order valence-electron chi connectivity index (χ0n) is 9.04. The average Bonchev–Trinajstić information content (AvgIpc) is 2.51. The van der Waals surface area contributed by atoms with Crippen LogP contribution in [0.5, 0.6) is 0 Å². The lowest BCUT2D eigenvalue weighted by atomic mass is 10.1. The molecule has 0 aliphatic carbocycles. The summed E-state index contributed by atoms with van der Waals surface area (Å²) in [6, 6.07) is 4.69. The van der Waals surface area contributed by atoms with Gasteiger partial charge in [-0.25, -0.2) is 4.39 Å². The Kier molecular flexibility index (Phi) is 3.28. The number of carbonyl (C=O) groups excluding carboxylic acids is 1. The van der Waals surface area contributed by atoms with Crippen LogP contribution in [0.3, 0.4) is 0 Å². The molecule has 1 aliphatic heterocycles. The van der Waals surface area contributed by atoms with Gasteiger partial charge in [0.05, 0.1) is 0 Å². The number of hydrogen-bond donors (Lipinski definition) is 0. The summed E-state index contributed by atoms with van der Waals surface area (Å²) in [5.41, 5.74) is 1.90. The second-order valence-corrected chi connectivity index (χ2v) is 5.44. The van der Waals surface area contributed by atoms with E-state index in [9.17, 15) is 9.18 Å². The van der Waals surface area contributed by atoms with Gasteiger partial charge >= 0.3 is 0 Å². The van der Waals surface area contributed by atoms with Crippen LogP contribution in [0.1, 0.15) is 17.5 Å². The second kappa shape index (κ2) is 4.53. The van der Waals surface area contributed by atoms with Gasteiger partial charge in [0, 0.05) is 24.3 Å². The fourth-order valence-electron chi connectivity index (χ4n) is 1.89. The quantitative estimate of drug-likeness (QED) is 0.765. The molecule has 1 saturated heterocycles. The van der Waals surface area contributed by atoms with Gasteiger partial charge in [0.25, 0.3) is 0 Å². The summed E-state index contributed by atoms with van der Waals surface area (Å²) in [7, 11) is 0. The van der Waals surface area contributed by atoms with Crippen LogP contribution in [0, 0.1) is 12.7 Å². The number of halogens is 2. The normalized spacial score (nSPS) is 20.6. The van der Waals surface area contributed by atoms with Crippen LogP contribution in [0.2, 0.25) is 0 Å². The first kappa shape index (κ1) is 11.6. The van der Waals surface area contributed by atoms with E-state index in [4.69, 9.17) is 0 Å². The summed E-state index contributed by atoms with van der Waals surface area (Å²) in [4.78, 5) is 13.6. The number of rotatable bonds is 2. The molecule has 86 valence electrons. The summed E-state index contributed by atoms with van der Waals surface area (Å²) in [5.74, 6) is -0.117. The number of carbonyl (C=O) groups is 1. The third-order valence-electron chi connectivity index (χ3n) is 2.84. The standard InChI is InChI=1S/C12H13BrFNO/c1-8-2-3-11(14)4-9(8)6-15-7-10(13)5-12(15)16/h2-4,10H,5-7H2,1H3. The first-order valence-electron chi connectivity index (χ1n) is 5.23. The fraction of sp³-hybridized carbons (Fsp3) is 0.417. The lowest BCUT2D eigenvalue weighted by Gasteiger charge is -2.17. The van der Waals surface area contributed by atoms with Gasteiger partial charge in [-0.3, -0.25) is 4.79 Å². The number of hydrogen-bond acceptors (Lipinski definition) is 1. The topological polar surface area (TPSA) is 20.3 Å². The van der Waals surface area contributed by atoms with Crippen LogP contribution in [-0.4, -0.2) is 22.2 Å². The Morgan fingerprint density at radius 2 is 2.31 bits per heavy atom. The highest BCUT2D eigenvalue weighted by atomic mass is 79.9. The molecule has 0 bridgehead atoms. The highest BCUT2D eigenvalue weighted by molar-refractivity contribution is 9.09. The van der Waals surface area contributed by atoms with E-state index < -0.39 is 0 Å². The van der Waals surface area contributed by atoms with Crippen molar-refractivity contribution in [1.82, 2.24) is 4.90 Å². The smallest absolute Gasteiger partial charge is 0.224 e. The minimum atomic E-state index is -0.248. The molecule has 4 heteroatoms. The van der Waals surface area contributed by atoms with Crippen molar-refractivity contribution in [3.63, 3.8) is 0 Å². The molecule has 1 unspecified atom stereocenters. The molecule has 1 aromatic rings. The monoisotopic (exact) mass is 285 g/mol. The highest BCUT2D eigenvalue weighted by Crippen LogP contribution is 2.21. The van der Waals surface area contributed by atoms with Crippen LogP contribution in [0.4, 0.5) is 4.39 Å². The van der Waals surface area contributed by atoms with E-state index in [-0.39, 0.29) is 16.6 Å². The average molecular weight is 286 g/mol. The summed E-state index contributed by atoms with van der Waals surface area (Å²) >= 11 is 3.43. The van der Waals surface area contributed by atoms with E-state index in [2.05, 4.69) is 15.9 Å². The van der Waals surface area contributed by atoms with Crippen molar-refractivity contribution in [3.05, 3.63) is 35.1 Å². The van der Waals surface area contributed by atoms with Gasteiger partial charge in [-0.05, 0) is 30.2 Å². The first-order valence-corrected chi connectivity index (χ1v) is 6.14. The molecule has 1 aliphatic rings. The second-order valence-electron chi connectivity index (χ2n) is 4.15. The van der Waals surface area contributed by atoms with Gasteiger partial charge in [0.15, 0.2) is 0 Å². The van der Waals surface area contributed by atoms with E-state index in [1.165, 1.54) is 12.1 Å². The fourth-order valence-corrected chi connectivity index (χ4v) is 2.52. The summed E-state index contributed by atoms with van der Waals surface area (Å²) < 4.78 is 13.1. The van der Waals surface area contributed by atoms with Gasteiger partial charge in [0.2, 0.25) is 5.91 Å². The molecule has 0 N–H and O–H groups in total. The molecule has 2 nitrogen and oxygen atoms in total. The SMILES string of the molecule is Cc1ccc(F)cc1CN1CC(Br)CC1=O. The predicted molar refractivity (Wildman–Crippen MR) is 63.9 cm³/mol. The number of likely N-dealkylation sites (tertiary alicyclic amines) is 1. The summed E-state index contributed by atoms with van der Waals surface area (Å²) in [6.45, 7) is 3.14. The van der Waals surface area contributed by atoms with Crippen molar-refractivity contribution in [2.24, 2.45) is 0 Å². The molecule has 1 fully saturated rings. The maximum atomic E-state index is 13.1. The molecule has 1 heterocycles. The Morgan fingerprint density at radius 3 is 2.94 bits per heavy atom. The molecule has 1 aromatic carbocycles. The molecule has 2 rings (SSSR count). The number of amides is 1. The molecule has 0 aromatic heterocycles. The largest absolute Gasteiger partial charge is 0.337 e. The van der Waals surface area contributed by atoms with Gasteiger partial charge < -0.3 is 4.90 Å². The predicted octanol–water partition coefficient (Wildman–Crippen LogP) is 2.63. The summed E-state index contributed by atoms with van der Waals surface area (Å²) in [6.07, 6.45) is 0.536. The van der Waals surface area contributed by atoms with Crippen molar-refractivity contribution < 1.29 is 9.18 Å². The van der Waals surface area contributed by atoms with Crippen LogP contribution in [0.15, 0.2) is 18.2 Å². The van der Waals surface area contributed by atoms with Crippen molar-refractivity contribution in [2.45, 2.75) is 24.7 Å². The van der Waals surface area contributed by atoms with Gasteiger partial charge in [-0.15, -0.1) is 0 Å². The lowest BCUT2D eigenvalue weighted by Crippen LogP contribution is -2.25. The third kappa shape index (κ3) is 2.43. The van der Waals surface area contributed by atoms with E-state index in [0.717, 1.165) is 11.1 Å². The molecule has 1 atom stereocenters. The van der Waals surface area contributed by atoms with Crippen LogP contribution >= 0.6 is 15.9 Å². The van der Waals surface area contributed by atoms with Gasteiger partial charge in [-0.2, -0.15) is 0 Å². The number of nitrogens with zero attached hydrogens (tertiary/aromatic N) is 1. The Balaban J connectivity index is 2.15. The number of benzene rings is 1. The Labute approximate surface area is 103 Å². The van der Waals surface area contributed by atoms with Crippen molar-refractivity contribution in [1.29, 1.82) is 0 Å². The van der Waals surface area contributed by atoms with Crippen molar-refractivity contribution in [3.8, 4) is 0 Å². The molecule has 1 amide bonds. The van der Waals surface area contributed by atoms with E-state index in [0.29, 0.717) is 19.5 Å². The molecule has 0 radical (unpaired) electrons. The Morgan fingerprint density at radius 1 is 1.56 bits per heavy atom. The van der Waals surface area contributed by atoms with Crippen LogP contribution < -0.4 is 0 Å². The van der Waals surface area contributed by atoms with E-state index in [1.54, 1.807) is 11.0 Å². The van der Waals surface area contributed by atoms with Gasteiger partial charge in [0.1, 0.15) is 5.82 Å². The van der Waals surface area contributed by atoms with Crippen molar-refractivity contribution in [2.75, 3.05) is 6.54 Å². The molecular weight excluding hydrogens is 273 g/mol. The van der Waals surface area contributed by atoms with Crippen LogP contribution in [0.25, 0.3) is 0 Å². The lowest BCUT2D eigenvalue weighted by molar-refractivity contribution is -0.128. The molecule has 0 spiro atoms. The molecular formula is C12H13BrFNO. The van der Waals surface area contributed by atoms with Crippen molar-refractivity contribution >= 4 is 21.8 Å². The third-order valence-corrected chi connectivity index (χ3v) is 3.45. The maximum Gasteiger partial charge on any atom is 0.224 e. The number of alkyl halides is 1. The van der Waals surface area contributed by atoms with Gasteiger partial charge in [-0.1, -0.05) is 22.0 Å². The molecule has 16 heavy (non-hydrogen) atoms. The zero-order valence-corrected chi connectivity index (χ0v) is 10.6. The molecule has 0 saturated carbocycles. The number of aryl methyl sites for hydroxylation is 1. The summed E-state index contributed by atoms with van der Waals surface area (Å²) in [5, 5.41) is 0. The zero-order chi connectivity index (χ0) is 11.7. The first-order chi connectivity index (χ1) is 7.56. The van der Waals surface area contributed by atoms with E-state index in [1.807, 2.05) is 6.92 Å². The van der Waals surface area contributed by atoms with E-state index >= 15 is 0 Å².